The monoisotopic (exact) mass is 356 g/mol. The lowest BCUT2D eigenvalue weighted by Crippen LogP contribution is -2.17. The van der Waals surface area contributed by atoms with Crippen molar-refractivity contribution in [3.63, 3.8) is 0 Å². The summed E-state index contributed by atoms with van der Waals surface area (Å²) in [5.41, 5.74) is 2.83. The highest BCUT2D eigenvalue weighted by Gasteiger charge is 2.30. The van der Waals surface area contributed by atoms with Gasteiger partial charge in [-0.15, -0.1) is 0 Å². The molecule has 1 unspecified atom stereocenters. The molecule has 0 spiro atoms. The van der Waals surface area contributed by atoms with Crippen LogP contribution in [0.3, 0.4) is 0 Å². The third-order valence-electron chi connectivity index (χ3n) is 4.22. The number of ether oxygens (including phenoxy) is 3. The van der Waals surface area contributed by atoms with Crippen LogP contribution in [-0.4, -0.2) is 34.4 Å². The number of rotatable bonds is 5. The van der Waals surface area contributed by atoms with E-state index in [1.54, 1.807) is 32.3 Å². The van der Waals surface area contributed by atoms with Crippen molar-refractivity contribution in [1.29, 1.82) is 0 Å². The maximum Gasteiger partial charge on any atom is 0.358 e. The second-order valence-corrected chi connectivity index (χ2v) is 5.89. The maximum atomic E-state index is 12.5. The second kappa shape index (κ2) is 7.03. The van der Waals surface area contributed by atoms with Crippen LogP contribution in [0, 0.1) is 6.92 Å². The second-order valence-electron chi connectivity index (χ2n) is 5.89. The topological polar surface area (TPSA) is 79.7 Å². The Hall–Kier alpha value is -3.09. The molecule has 0 N–H and O–H groups in total. The Balaban J connectivity index is 2.02. The third kappa shape index (κ3) is 3.08. The van der Waals surface area contributed by atoms with Gasteiger partial charge in [0, 0.05) is 11.1 Å². The molecule has 1 aliphatic rings. The van der Waals surface area contributed by atoms with Crippen LogP contribution in [-0.2, 0) is 23.8 Å². The van der Waals surface area contributed by atoms with Crippen molar-refractivity contribution in [3.8, 4) is 0 Å². The van der Waals surface area contributed by atoms with Crippen LogP contribution in [0.4, 0.5) is 0 Å². The summed E-state index contributed by atoms with van der Waals surface area (Å²) in [4.78, 5) is 28.6. The van der Waals surface area contributed by atoms with Crippen LogP contribution < -0.4 is 0 Å². The predicted octanol–water partition coefficient (Wildman–Crippen LogP) is 2.94. The zero-order chi connectivity index (χ0) is 18.8. The van der Waals surface area contributed by atoms with Gasteiger partial charge in [0.25, 0.3) is 6.29 Å². The standard InChI is InChI=1S/C19H20N2O5/c1-5-24-18(23)16(10-25-19-12(3)11(2)17(22)26-19)21-13(4)20-14-8-6-7-9-15(14)21/h6-10,19H,5H2,1-4H3/b16-10-. The lowest BCUT2D eigenvalue weighted by molar-refractivity contribution is -0.152. The zero-order valence-electron chi connectivity index (χ0n) is 15.1. The molecule has 3 rings (SSSR count). The summed E-state index contributed by atoms with van der Waals surface area (Å²) in [5, 5.41) is 0. The highest BCUT2D eigenvalue weighted by Crippen LogP contribution is 2.25. The van der Waals surface area contributed by atoms with Gasteiger partial charge >= 0.3 is 11.9 Å². The van der Waals surface area contributed by atoms with E-state index in [0.717, 1.165) is 11.0 Å². The molecule has 0 amide bonds. The number of imidazole rings is 1. The van der Waals surface area contributed by atoms with Crippen molar-refractivity contribution in [2.75, 3.05) is 6.61 Å². The van der Waals surface area contributed by atoms with Gasteiger partial charge in [-0.2, -0.15) is 0 Å². The minimum Gasteiger partial charge on any atom is -0.461 e. The summed E-state index contributed by atoms with van der Waals surface area (Å²) in [6, 6.07) is 7.45. The number of benzene rings is 1. The fraction of sp³-hybridized carbons (Fsp3) is 0.316. The highest BCUT2D eigenvalue weighted by atomic mass is 16.7. The minimum absolute atomic E-state index is 0.159. The van der Waals surface area contributed by atoms with Gasteiger partial charge in [-0.05, 0) is 39.8 Å². The van der Waals surface area contributed by atoms with Crippen molar-refractivity contribution in [1.82, 2.24) is 9.55 Å². The normalized spacial score (nSPS) is 17.6. The highest BCUT2D eigenvalue weighted by molar-refractivity contribution is 6.11. The van der Waals surface area contributed by atoms with Gasteiger partial charge in [-0.1, -0.05) is 12.1 Å². The Labute approximate surface area is 150 Å². The average Bonchev–Trinajstić information content (AvgIpc) is 3.07. The van der Waals surface area contributed by atoms with Crippen molar-refractivity contribution < 1.29 is 23.8 Å². The first kappa shape index (κ1) is 17.7. The van der Waals surface area contributed by atoms with E-state index in [0.29, 0.717) is 17.0 Å². The molecule has 1 atom stereocenters. The van der Waals surface area contributed by atoms with E-state index in [1.165, 1.54) is 6.26 Å². The Bertz CT molecular complexity index is 939. The van der Waals surface area contributed by atoms with Crippen LogP contribution in [0.5, 0.6) is 0 Å². The van der Waals surface area contributed by atoms with E-state index < -0.39 is 18.2 Å². The summed E-state index contributed by atoms with van der Waals surface area (Å²) in [5.74, 6) is -0.370. The number of para-hydroxylation sites is 2. The molecule has 0 radical (unpaired) electrons. The summed E-state index contributed by atoms with van der Waals surface area (Å²) < 4.78 is 17.6. The number of aromatic nitrogens is 2. The van der Waals surface area contributed by atoms with Crippen molar-refractivity contribution >= 4 is 28.7 Å². The SMILES string of the molecule is CCOC(=O)/C(=C/OC1OC(=O)C(C)=C1C)n1c(C)nc2ccccc21. The molecule has 26 heavy (non-hydrogen) atoms. The van der Waals surface area contributed by atoms with Crippen molar-refractivity contribution in [2.24, 2.45) is 0 Å². The molecular weight excluding hydrogens is 336 g/mol. The number of aryl methyl sites for hydroxylation is 1. The molecule has 2 heterocycles. The Morgan fingerprint density at radius 3 is 2.69 bits per heavy atom. The van der Waals surface area contributed by atoms with Gasteiger partial charge in [0.15, 0.2) is 5.70 Å². The van der Waals surface area contributed by atoms with Gasteiger partial charge in [0.2, 0.25) is 0 Å². The average molecular weight is 356 g/mol. The first-order valence-corrected chi connectivity index (χ1v) is 8.29. The first-order chi connectivity index (χ1) is 12.4. The maximum absolute atomic E-state index is 12.5. The third-order valence-corrected chi connectivity index (χ3v) is 4.22. The van der Waals surface area contributed by atoms with Crippen molar-refractivity contribution in [2.45, 2.75) is 34.0 Å². The molecule has 136 valence electrons. The number of carbonyl (C=O) groups excluding carboxylic acids is 2. The zero-order valence-corrected chi connectivity index (χ0v) is 15.1. The molecule has 1 aromatic carbocycles. The van der Waals surface area contributed by atoms with E-state index in [2.05, 4.69) is 4.98 Å². The molecule has 7 heteroatoms. The number of hydrogen-bond donors (Lipinski definition) is 0. The largest absolute Gasteiger partial charge is 0.461 e. The summed E-state index contributed by atoms with van der Waals surface area (Å²) in [7, 11) is 0. The van der Waals surface area contributed by atoms with Crippen LogP contribution in [0.2, 0.25) is 0 Å². The van der Waals surface area contributed by atoms with E-state index in [1.807, 2.05) is 24.3 Å². The molecule has 7 nitrogen and oxygen atoms in total. The Morgan fingerprint density at radius 2 is 2.04 bits per heavy atom. The van der Waals surface area contributed by atoms with E-state index in [4.69, 9.17) is 14.2 Å². The Kier molecular flexibility index (Phi) is 4.79. The molecular formula is C19H20N2O5. The van der Waals surface area contributed by atoms with E-state index in [9.17, 15) is 9.59 Å². The molecule has 1 aliphatic heterocycles. The number of esters is 2. The quantitative estimate of drug-likeness (QED) is 0.466. The fourth-order valence-electron chi connectivity index (χ4n) is 2.72. The Morgan fingerprint density at radius 1 is 1.31 bits per heavy atom. The van der Waals surface area contributed by atoms with Crippen LogP contribution in [0.1, 0.15) is 26.6 Å². The smallest absolute Gasteiger partial charge is 0.358 e. The fourth-order valence-corrected chi connectivity index (χ4v) is 2.72. The van der Waals surface area contributed by atoms with Crippen LogP contribution >= 0.6 is 0 Å². The number of carbonyl (C=O) groups is 2. The van der Waals surface area contributed by atoms with Gasteiger partial charge in [0.05, 0.1) is 17.6 Å². The number of nitrogens with zero attached hydrogens (tertiary/aromatic N) is 2. The summed E-state index contributed by atoms with van der Waals surface area (Å²) >= 11 is 0. The molecule has 0 saturated carbocycles. The molecule has 2 aromatic rings. The number of cyclic esters (lactones) is 1. The van der Waals surface area contributed by atoms with Gasteiger partial charge in [-0.3, -0.25) is 4.57 Å². The van der Waals surface area contributed by atoms with Crippen molar-refractivity contribution in [3.05, 3.63) is 47.5 Å². The van der Waals surface area contributed by atoms with E-state index in [-0.39, 0.29) is 12.3 Å². The van der Waals surface area contributed by atoms with Gasteiger partial charge < -0.3 is 14.2 Å². The minimum atomic E-state index is -0.859. The first-order valence-electron chi connectivity index (χ1n) is 8.29. The molecule has 0 aliphatic carbocycles. The predicted molar refractivity (Wildman–Crippen MR) is 94.7 cm³/mol. The number of hydrogen-bond acceptors (Lipinski definition) is 6. The molecule has 1 aromatic heterocycles. The summed E-state index contributed by atoms with van der Waals surface area (Å²) in [6.45, 7) is 7.16. The summed E-state index contributed by atoms with van der Waals surface area (Å²) in [6.07, 6.45) is 0.404. The van der Waals surface area contributed by atoms with Gasteiger partial charge in [-0.25, -0.2) is 14.6 Å². The molecule has 0 saturated heterocycles. The molecule has 0 bridgehead atoms. The number of fused-ring (bicyclic) bond motifs is 1. The van der Waals surface area contributed by atoms with Gasteiger partial charge in [0.1, 0.15) is 12.1 Å². The van der Waals surface area contributed by atoms with Crippen LogP contribution in [0.15, 0.2) is 41.7 Å². The lowest BCUT2D eigenvalue weighted by atomic mass is 10.2. The lowest BCUT2D eigenvalue weighted by Gasteiger charge is -2.14. The molecule has 0 fully saturated rings. The van der Waals surface area contributed by atoms with Crippen LogP contribution in [0.25, 0.3) is 16.7 Å². The van der Waals surface area contributed by atoms with E-state index >= 15 is 0 Å².